The Labute approximate surface area is 117 Å². The Morgan fingerprint density at radius 2 is 2.30 bits per heavy atom. The highest BCUT2D eigenvalue weighted by Gasteiger charge is 2.19. The summed E-state index contributed by atoms with van der Waals surface area (Å²) in [6.45, 7) is 3.27. The Morgan fingerprint density at radius 1 is 1.40 bits per heavy atom. The van der Waals surface area contributed by atoms with Crippen LogP contribution in [-0.4, -0.2) is 21.6 Å². The minimum absolute atomic E-state index is 0.498. The fourth-order valence-corrected chi connectivity index (χ4v) is 2.38. The van der Waals surface area contributed by atoms with Crippen LogP contribution in [0.4, 0.5) is 5.82 Å². The number of hydrogen-bond acceptors (Lipinski definition) is 6. The van der Waals surface area contributed by atoms with Crippen molar-refractivity contribution in [1.82, 2.24) is 15.0 Å². The maximum absolute atomic E-state index is 5.58. The number of nitrogens with zero attached hydrogens (tertiary/aromatic N) is 3. The van der Waals surface area contributed by atoms with E-state index in [1.165, 1.54) is 0 Å². The molecule has 2 aromatic rings. The summed E-state index contributed by atoms with van der Waals surface area (Å²) in [5.41, 5.74) is 6.52. The molecule has 3 rings (SSSR count). The van der Waals surface area contributed by atoms with Gasteiger partial charge in [-0.3, -0.25) is 4.98 Å². The van der Waals surface area contributed by atoms with Gasteiger partial charge in [-0.05, 0) is 18.1 Å². The Hall–Kier alpha value is -2.05. The quantitative estimate of drug-likeness (QED) is 0.649. The van der Waals surface area contributed by atoms with Gasteiger partial charge < -0.3 is 10.2 Å². The van der Waals surface area contributed by atoms with E-state index in [1.54, 1.807) is 6.20 Å². The average molecular weight is 271 g/mol. The van der Waals surface area contributed by atoms with E-state index in [0.29, 0.717) is 24.9 Å². The number of aryl methyl sites for hydroxylation is 1. The number of anilines is 1. The van der Waals surface area contributed by atoms with E-state index in [4.69, 9.17) is 10.6 Å². The number of rotatable bonds is 3. The van der Waals surface area contributed by atoms with Crippen molar-refractivity contribution < 1.29 is 4.74 Å². The van der Waals surface area contributed by atoms with Gasteiger partial charge in [-0.25, -0.2) is 15.8 Å². The molecule has 104 valence electrons. The molecule has 2 aromatic heterocycles. The molecule has 0 aromatic carbocycles. The first kappa shape index (κ1) is 13.0. The summed E-state index contributed by atoms with van der Waals surface area (Å²) < 4.78 is 5.44. The second-order valence-electron chi connectivity index (χ2n) is 4.63. The van der Waals surface area contributed by atoms with Gasteiger partial charge in [-0.2, -0.15) is 0 Å². The predicted octanol–water partition coefficient (Wildman–Crippen LogP) is 1.46. The summed E-state index contributed by atoms with van der Waals surface area (Å²) in [4.78, 5) is 13.6. The average Bonchev–Trinajstić information content (AvgIpc) is 2.53. The molecule has 0 aliphatic carbocycles. The Balaban J connectivity index is 2.14. The monoisotopic (exact) mass is 271 g/mol. The molecule has 0 fully saturated rings. The summed E-state index contributed by atoms with van der Waals surface area (Å²) >= 11 is 0. The number of hydrazine groups is 1. The molecule has 0 saturated carbocycles. The normalized spacial score (nSPS) is 13.9. The Morgan fingerprint density at radius 3 is 3.10 bits per heavy atom. The molecule has 0 bridgehead atoms. The maximum atomic E-state index is 5.58. The van der Waals surface area contributed by atoms with Gasteiger partial charge in [-0.15, -0.1) is 0 Å². The molecule has 0 saturated heterocycles. The molecule has 6 heteroatoms. The van der Waals surface area contributed by atoms with Crippen molar-refractivity contribution in [2.24, 2.45) is 5.84 Å². The molecule has 6 nitrogen and oxygen atoms in total. The van der Waals surface area contributed by atoms with E-state index in [0.717, 1.165) is 35.4 Å². The van der Waals surface area contributed by atoms with Crippen molar-refractivity contribution in [1.29, 1.82) is 0 Å². The number of ether oxygens (including phenoxy) is 1. The van der Waals surface area contributed by atoms with Gasteiger partial charge in [0.15, 0.2) is 5.82 Å². The fraction of sp³-hybridized carbons (Fsp3) is 0.357. The third-order valence-corrected chi connectivity index (χ3v) is 3.44. The molecular formula is C14H17N5O. The number of aromatic nitrogens is 3. The zero-order valence-corrected chi connectivity index (χ0v) is 11.4. The van der Waals surface area contributed by atoms with Gasteiger partial charge >= 0.3 is 0 Å². The molecule has 1 aliphatic rings. The lowest BCUT2D eigenvalue weighted by Gasteiger charge is -2.19. The molecule has 0 unspecified atom stereocenters. The Kier molecular flexibility index (Phi) is 3.58. The molecule has 0 atom stereocenters. The molecule has 1 aliphatic heterocycles. The third-order valence-electron chi connectivity index (χ3n) is 3.44. The van der Waals surface area contributed by atoms with E-state index in [2.05, 4.69) is 27.3 Å². The smallest absolute Gasteiger partial charge is 0.180 e. The van der Waals surface area contributed by atoms with Crippen molar-refractivity contribution in [2.75, 3.05) is 12.0 Å². The van der Waals surface area contributed by atoms with E-state index in [-0.39, 0.29) is 0 Å². The standard InChI is InChI=1S/C14H17N5O/c1-2-9-4-3-6-16-12(9)14-17-11-5-7-20-8-10(11)13(18-14)19-15/h3-4,6H,2,5,7-8,15H2,1H3,(H,17,18,19). The van der Waals surface area contributed by atoms with Crippen molar-refractivity contribution >= 4 is 5.82 Å². The highest BCUT2D eigenvalue weighted by atomic mass is 16.5. The van der Waals surface area contributed by atoms with Gasteiger partial charge in [0.25, 0.3) is 0 Å². The van der Waals surface area contributed by atoms with Gasteiger partial charge in [0.05, 0.1) is 18.9 Å². The second-order valence-corrected chi connectivity index (χ2v) is 4.63. The zero-order chi connectivity index (χ0) is 13.9. The summed E-state index contributed by atoms with van der Waals surface area (Å²) in [6.07, 6.45) is 3.42. The van der Waals surface area contributed by atoms with Gasteiger partial charge in [0.1, 0.15) is 11.5 Å². The van der Waals surface area contributed by atoms with Crippen LogP contribution in [0.1, 0.15) is 23.7 Å². The van der Waals surface area contributed by atoms with Crippen LogP contribution in [0.25, 0.3) is 11.5 Å². The van der Waals surface area contributed by atoms with Gasteiger partial charge in [0.2, 0.25) is 0 Å². The van der Waals surface area contributed by atoms with Crippen LogP contribution in [0.15, 0.2) is 18.3 Å². The summed E-state index contributed by atoms with van der Waals surface area (Å²) in [6, 6.07) is 3.97. The lowest BCUT2D eigenvalue weighted by Crippen LogP contribution is -2.19. The van der Waals surface area contributed by atoms with E-state index < -0.39 is 0 Å². The highest BCUT2D eigenvalue weighted by Crippen LogP contribution is 2.26. The number of nitrogen functional groups attached to an aromatic ring is 1. The molecule has 0 radical (unpaired) electrons. The zero-order valence-electron chi connectivity index (χ0n) is 11.4. The molecule has 0 amide bonds. The fourth-order valence-electron chi connectivity index (χ4n) is 2.38. The number of fused-ring (bicyclic) bond motifs is 1. The topological polar surface area (TPSA) is 86.0 Å². The van der Waals surface area contributed by atoms with Crippen molar-refractivity contribution in [3.8, 4) is 11.5 Å². The largest absolute Gasteiger partial charge is 0.376 e. The van der Waals surface area contributed by atoms with E-state index in [9.17, 15) is 0 Å². The SMILES string of the molecule is CCc1cccnc1-c1nc2c(c(NN)n1)COCC2. The number of nitrogens with one attached hydrogen (secondary N) is 1. The molecule has 3 heterocycles. The van der Waals surface area contributed by atoms with Crippen LogP contribution in [0.2, 0.25) is 0 Å². The molecular weight excluding hydrogens is 254 g/mol. The minimum Gasteiger partial charge on any atom is -0.376 e. The first-order valence-electron chi connectivity index (χ1n) is 6.72. The van der Waals surface area contributed by atoms with Crippen LogP contribution in [0, 0.1) is 0 Å². The van der Waals surface area contributed by atoms with Crippen LogP contribution < -0.4 is 11.3 Å². The third kappa shape index (κ3) is 2.23. The van der Waals surface area contributed by atoms with Crippen molar-refractivity contribution in [3.05, 3.63) is 35.2 Å². The molecule has 0 spiro atoms. The van der Waals surface area contributed by atoms with E-state index >= 15 is 0 Å². The van der Waals surface area contributed by atoms with Crippen molar-refractivity contribution in [3.63, 3.8) is 0 Å². The van der Waals surface area contributed by atoms with Crippen LogP contribution in [0.5, 0.6) is 0 Å². The first-order valence-corrected chi connectivity index (χ1v) is 6.72. The number of pyridine rings is 1. The lowest BCUT2D eigenvalue weighted by molar-refractivity contribution is 0.109. The lowest BCUT2D eigenvalue weighted by atomic mass is 10.1. The molecule has 3 N–H and O–H groups in total. The number of hydrogen-bond donors (Lipinski definition) is 2. The summed E-state index contributed by atoms with van der Waals surface area (Å²) in [7, 11) is 0. The van der Waals surface area contributed by atoms with Gasteiger partial charge in [-0.1, -0.05) is 13.0 Å². The predicted molar refractivity (Wildman–Crippen MR) is 75.8 cm³/mol. The van der Waals surface area contributed by atoms with Crippen molar-refractivity contribution in [2.45, 2.75) is 26.4 Å². The summed E-state index contributed by atoms with van der Waals surface area (Å²) in [5.74, 6) is 6.82. The molecule has 20 heavy (non-hydrogen) atoms. The minimum atomic E-state index is 0.498. The van der Waals surface area contributed by atoms with Crippen LogP contribution >= 0.6 is 0 Å². The second kappa shape index (κ2) is 5.52. The highest BCUT2D eigenvalue weighted by molar-refractivity contribution is 5.59. The first-order chi connectivity index (χ1) is 9.83. The maximum Gasteiger partial charge on any atom is 0.180 e. The number of nitrogens with two attached hydrogens (primary N) is 1. The van der Waals surface area contributed by atoms with E-state index in [1.807, 2.05) is 12.1 Å². The Bertz CT molecular complexity index is 612. The van der Waals surface area contributed by atoms with Crippen LogP contribution in [0.3, 0.4) is 0 Å². The van der Waals surface area contributed by atoms with Crippen LogP contribution in [-0.2, 0) is 24.2 Å². The summed E-state index contributed by atoms with van der Waals surface area (Å²) in [5, 5.41) is 0. The van der Waals surface area contributed by atoms with Gasteiger partial charge in [0, 0.05) is 18.2 Å².